The van der Waals surface area contributed by atoms with Crippen LogP contribution in [0.15, 0.2) is 12.4 Å². The summed E-state index contributed by atoms with van der Waals surface area (Å²) in [7, 11) is 0. The van der Waals surface area contributed by atoms with E-state index >= 15 is 0 Å². The van der Waals surface area contributed by atoms with Gasteiger partial charge in [0.25, 0.3) is 0 Å². The standard InChI is InChI=1S/C13H24N4O.2ClH/c1-10(11(2)14)13(18)16-6-4-5-8-17-9-7-15-12(17)3;;/h7,9-11H,4-6,8,14H2,1-3H3,(H,16,18);2*1H. The van der Waals surface area contributed by atoms with Crippen molar-refractivity contribution in [2.45, 2.75) is 46.2 Å². The number of unbranched alkanes of at least 4 members (excludes halogenated alkanes) is 1. The number of carbonyl (C=O) groups is 1. The van der Waals surface area contributed by atoms with Crippen LogP contribution in [0.25, 0.3) is 0 Å². The molecule has 20 heavy (non-hydrogen) atoms. The molecule has 0 bridgehead atoms. The first-order valence-corrected chi connectivity index (χ1v) is 6.53. The number of nitrogens with zero attached hydrogens (tertiary/aromatic N) is 2. The molecular formula is C13H26Cl2N4O. The third-order valence-corrected chi connectivity index (χ3v) is 3.25. The topological polar surface area (TPSA) is 72.9 Å². The third-order valence-electron chi connectivity index (χ3n) is 3.25. The first-order valence-electron chi connectivity index (χ1n) is 6.53. The van der Waals surface area contributed by atoms with Gasteiger partial charge in [-0.05, 0) is 26.7 Å². The molecule has 1 amide bonds. The Morgan fingerprint density at radius 1 is 1.40 bits per heavy atom. The van der Waals surface area contributed by atoms with Crippen molar-refractivity contribution in [2.24, 2.45) is 11.7 Å². The number of imidazole rings is 1. The van der Waals surface area contributed by atoms with Gasteiger partial charge in [0.05, 0.1) is 0 Å². The molecule has 0 radical (unpaired) electrons. The van der Waals surface area contributed by atoms with Gasteiger partial charge in [0.1, 0.15) is 5.82 Å². The number of aryl methyl sites for hydroxylation is 2. The molecule has 0 saturated carbocycles. The van der Waals surface area contributed by atoms with Crippen LogP contribution in [0.3, 0.4) is 0 Å². The number of hydrogen-bond acceptors (Lipinski definition) is 3. The van der Waals surface area contributed by atoms with Crippen LogP contribution in [0, 0.1) is 12.8 Å². The fourth-order valence-electron chi connectivity index (χ4n) is 1.66. The summed E-state index contributed by atoms with van der Waals surface area (Å²) in [4.78, 5) is 15.8. The summed E-state index contributed by atoms with van der Waals surface area (Å²) in [6.45, 7) is 7.36. The molecule has 2 unspecified atom stereocenters. The Morgan fingerprint density at radius 3 is 2.55 bits per heavy atom. The van der Waals surface area contributed by atoms with Crippen molar-refractivity contribution < 1.29 is 4.79 Å². The van der Waals surface area contributed by atoms with Crippen molar-refractivity contribution in [3.05, 3.63) is 18.2 Å². The monoisotopic (exact) mass is 324 g/mol. The second kappa shape index (κ2) is 10.9. The van der Waals surface area contributed by atoms with E-state index in [-0.39, 0.29) is 42.7 Å². The van der Waals surface area contributed by atoms with Crippen LogP contribution in [0.5, 0.6) is 0 Å². The van der Waals surface area contributed by atoms with Gasteiger partial charge in [-0.25, -0.2) is 4.98 Å². The molecule has 0 aliphatic rings. The van der Waals surface area contributed by atoms with E-state index in [4.69, 9.17) is 5.73 Å². The van der Waals surface area contributed by atoms with Crippen LogP contribution in [-0.2, 0) is 11.3 Å². The van der Waals surface area contributed by atoms with Crippen molar-refractivity contribution in [3.8, 4) is 0 Å². The molecule has 3 N–H and O–H groups in total. The van der Waals surface area contributed by atoms with Gasteiger partial charge in [-0.15, -0.1) is 24.8 Å². The fourth-order valence-corrected chi connectivity index (χ4v) is 1.66. The lowest BCUT2D eigenvalue weighted by Gasteiger charge is -2.15. The number of hydrogen-bond donors (Lipinski definition) is 2. The first-order chi connectivity index (χ1) is 8.52. The summed E-state index contributed by atoms with van der Waals surface area (Å²) >= 11 is 0. The second-order valence-corrected chi connectivity index (χ2v) is 4.81. The summed E-state index contributed by atoms with van der Waals surface area (Å²) in [6, 6.07) is -0.0985. The normalized spacial score (nSPS) is 12.8. The average Bonchev–Trinajstić information content (AvgIpc) is 2.73. The lowest BCUT2D eigenvalue weighted by atomic mass is 10.0. The molecule has 0 aromatic carbocycles. The predicted octanol–water partition coefficient (Wildman–Crippen LogP) is 1.91. The first kappa shape index (κ1) is 21.5. The number of nitrogens with one attached hydrogen (secondary N) is 1. The molecule has 1 heterocycles. The van der Waals surface area contributed by atoms with Crippen LogP contribution < -0.4 is 11.1 Å². The maximum Gasteiger partial charge on any atom is 0.224 e. The Morgan fingerprint density at radius 2 is 2.05 bits per heavy atom. The molecular weight excluding hydrogens is 299 g/mol. The molecule has 1 rings (SSSR count). The Balaban J connectivity index is 0. The van der Waals surface area contributed by atoms with E-state index in [1.807, 2.05) is 27.0 Å². The van der Waals surface area contributed by atoms with Crippen molar-refractivity contribution in [3.63, 3.8) is 0 Å². The molecule has 0 saturated heterocycles. The van der Waals surface area contributed by atoms with Crippen LogP contribution in [0.1, 0.15) is 32.5 Å². The van der Waals surface area contributed by atoms with E-state index in [1.54, 1.807) is 6.20 Å². The van der Waals surface area contributed by atoms with Crippen LogP contribution in [-0.4, -0.2) is 28.0 Å². The minimum absolute atomic E-state index is 0. The summed E-state index contributed by atoms with van der Waals surface area (Å²) in [5.74, 6) is 0.953. The highest BCUT2D eigenvalue weighted by atomic mass is 35.5. The second-order valence-electron chi connectivity index (χ2n) is 4.81. The molecule has 5 nitrogen and oxygen atoms in total. The highest BCUT2D eigenvalue weighted by Gasteiger charge is 2.15. The van der Waals surface area contributed by atoms with E-state index in [1.165, 1.54) is 0 Å². The molecule has 0 aliphatic heterocycles. The van der Waals surface area contributed by atoms with Crippen molar-refractivity contribution in [2.75, 3.05) is 6.54 Å². The van der Waals surface area contributed by atoms with E-state index in [9.17, 15) is 4.79 Å². The van der Waals surface area contributed by atoms with Gasteiger partial charge in [-0.2, -0.15) is 0 Å². The van der Waals surface area contributed by atoms with E-state index < -0.39 is 0 Å². The fraction of sp³-hybridized carbons (Fsp3) is 0.692. The highest BCUT2D eigenvalue weighted by molar-refractivity contribution is 5.85. The Bertz CT molecular complexity index is 382. The van der Waals surface area contributed by atoms with E-state index in [0.717, 1.165) is 25.2 Å². The maximum atomic E-state index is 11.6. The van der Waals surface area contributed by atoms with Gasteiger partial charge < -0.3 is 15.6 Å². The smallest absolute Gasteiger partial charge is 0.224 e. The zero-order chi connectivity index (χ0) is 13.5. The lowest BCUT2D eigenvalue weighted by Crippen LogP contribution is -2.38. The summed E-state index contributed by atoms with van der Waals surface area (Å²) < 4.78 is 2.12. The predicted molar refractivity (Wildman–Crippen MR) is 86.5 cm³/mol. The van der Waals surface area contributed by atoms with Crippen LogP contribution in [0.4, 0.5) is 0 Å². The van der Waals surface area contributed by atoms with Gasteiger partial charge >= 0.3 is 0 Å². The molecule has 1 aromatic heterocycles. The Labute approximate surface area is 133 Å². The zero-order valence-corrected chi connectivity index (χ0v) is 14.0. The van der Waals surface area contributed by atoms with Crippen LogP contribution >= 0.6 is 24.8 Å². The van der Waals surface area contributed by atoms with Gasteiger partial charge in [0.2, 0.25) is 5.91 Å². The number of carbonyl (C=O) groups excluding carboxylic acids is 1. The quantitative estimate of drug-likeness (QED) is 0.752. The van der Waals surface area contributed by atoms with Gasteiger partial charge in [0.15, 0.2) is 0 Å². The largest absolute Gasteiger partial charge is 0.356 e. The molecule has 0 fully saturated rings. The van der Waals surface area contributed by atoms with E-state index in [0.29, 0.717) is 6.54 Å². The van der Waals surface area contributed by atoms with E-state index in [2.05, 4.69) is 14.9 Å². The maximum absolute atomic E-state index is 11.6. The number of amides is 1. The van der Waals surface area contributed by atoms with Crippen molar-refractivity contribution in [1.82, 2.24) is 14.9 Å². The van der Waals surface area contributed by atoms with Gasteiger partial charge in [0, 0.05) is 37.4 Å². The Kier molecular flexibility index (Phi) is 11.8. The van der Waals surface area contributed by atoms with Gasteiger partial charge in [-0.1, -0.05) is 6.92 Å². The molecule has 0 aliphatic carbocycles. The number of nitrogens with two attached hydrogens (primary N) is 1. The van der Waals surface area contributed by atoms with Crippen LogP contribution in [0.2, 0.25) is 0 Å². The minimum atomic E-state index is -0.124. The number of halogens is 2. The lowest BCUT2D eigenvalue weighted by molar-refractivity contribution is -0.124. The molecule has 1 aromatic rings. The third kappa shape index (κ3) is 7.12. The summed E-state index contributed by atoms with van der Waals surface area (Å²) in [5, 5.41) is 2.91. The number of aromatic nitrogens is 2. The average molecular weight is 325 g/mol. The zero-order valence-electron chi connectivity index (χ0n) is 12.3. The van der Waals surface area contributed by atoms with Crippen molar-refractivity contribution >= 4 is 30.7 Å². The molecule has 2 atom stereocenters. The Hall–Kier alpha value is -0.780. The van der Waals surface area contributed by atoms with Crippen molar-refractivity contribution in [1.29, 1.82) is 0 Å². The summed E-state index contributed by atoms with van der Waals surface area (Å²) in [5.41, 5.74) is 5.68. The summed E-state index contributed by atoms with van der Waals surface area (Å²) in [6.07, 6.45) is 5.78. The molecule has 7 heteroatoms. The van der Waals surface area contributed by atoms with Gasteiger partial charge in [-0.3, -0.25) is 4.79 Å². The number of rotatable bonds is 7. The highest BCUT2D eigenvalue weighted by Crippen LogP contribution is 2.01. The SMILES string of the molecule is Cc1nccn1CCCCNC(=O)C(C)C(C)N.Cl.Cl. The minimum Gasteiger partial charge on any atom is -0.356 e. The molecule has 0 spiro atoms. The molecule has 118 valence electrons.